The summed E-state index contributed by atoms with van der Waals surface area (Å²) in [5.41, 5.74) is 1.38. The highest BCUT2D eigenvalue weighted by Crippen LogP contribution is 2.11. The second-order valence-corrected chi connectivity index (χ2v) is 4.90. The Kier molecular flexibility index (Phi) is 4.57. The van der Waals surface area contributed by atoms with Crippen LogP contribution in [-0.2, 0) is 9.53 Å². The van der Waals surface area contributed by atoms with Crippen LogP contribution in [0.1, 0.15) is 26.2 Å². The van der Waals surface area contributed by atoms with E-state index in [2.05, 4.69) is 18.3 Å². The number of hydrogen-bond donors (Lipinski definition) is 1. The van der Waals surface area contributed by atoms with Crippen LogP contribution in [0, 0.1) is 0 Å². The van der Waals surface area contributed by atoms with Crippen LogP contribution in [-0.4, -0.2) is 49.7 Å². The number of rotatable bonds is 3. The summed E-state index contributed by atoms with van der Waals surface area (Å²) < 4.78 is 5.67. The second-order valence-electron chi connectivity index (χ2n) is 4.90. The summed E-state index contributed by atoms with van der Waals surface area (Å²) in [4.78, 5) is 13.8. The van der Waals surface area contributed by atoms with Gasteiger partial charge in [0.1, 0.15) is 6.61 Å². The molecule has 4 nitrogen and oxygen atoms in total. The second kappa shape index (κ2) is 6.17. The number of carbonyl (C=O) groups is 1. The van der Waals surface area contributed by atoms with Gasteiger partial charge in [-0.1, -0.05) is 11.6 Å². The Morgan fingerprint density at radius 1 is 1.53 bits per heavy atom. The lowest BCUT2D eigenvalue weighted by Gasteiger charge is -2.27. The van der Waals surface area contributed by atoms with Gasteiger partial charge in [-0.05, 0) is 39.3 Å². The average molecular weight is 238 g/mol. The van der Waals surface area contributed by atoms with Crippen LogP contribution < -0.4 is 5.32 Å². The first kappa shape index (κ1) is 12.6. The van der Waals surface area contributed by atoms with Gasteiger partial charge < -0.3 is 15.0 Å². The molecule has 0 aromatic heterocycles. The minimum atomic E-state index is 0.132. The van der Waals surface area contributed by atoms with Crippen LogP contribution in [0.3, 0.4) is 0 Å². The van der Waals surface area contributed by atoms with E-state index < -0.39 is 0 Å². The maximum absolute atomic E-state index is 11.9. The summed E-state index contributed by atoms with van der Waals surface area (Å²) in [5.74, 6) is 0.132. The van der Waals surface area contributed by atoms with Gasteiger partial charge in [0.25, 0.3) is 0 Å². The molecule has 17 heavy (non-hydrogen) atoms. The molecule has 1 saturated heterocycles. The fourth-order valence-electron chi connectivity index (χ4n) is 2.24. The minimum Gasteiger partial charge on any atom is -0.368 e. The van der Waals surface area contributed by atoms with E-state index in [9.17, 15) is 4.79 Å². The number of hydrogen-bond acceptors (Lipinski definition) is 3. The van der Waals surface area contributed by atoms with Crippen LogP contribution in [0.2, 0.25) is 0 Å². The number of amides is 1. The standard InChI is InChI=1S/C13H22N2O2/c1-11-4-8-15(9-5-11)13(16)10-17-12-2-6-14-7-3-12/h4,12,14H,2-3,5-10H2,1H3. The van der Waals surface area contributed by atoms with Gasteiger partial charge in [-0.2, -0.15) is 0 Å². The maximum Gasteiger partial charge on any atom is 0.248 e. The fraction of sp³-hybridized carbons (Fsp3) is 0.769. The molecule has 0 atom stereocenters. The first-order chi connectivity index (χ1) is 8.25. The number of nitrogens with zero attached hydrogens (tertiary/aromatic N) is 1. The van der Waals surface area contributed by atoms with Gasteiger partial charge in [-0.3, -0.25) is 4.79 Å². The van der Waals surface area contributed by atoms with Gasteiger partial charge >= 0.3 is 0 Å². The molecule has 0 saturated carbocycles. The van der Waals surface area contributed by atoms with Crippen molar-refractivity contribution in [2.45, 2.75) is 32.3 Å². The largest absolute Gasteiger partial charge is 0.368 e. The molecule has 0 unspecified atom stereocenters. The summed E-state index contributed by atoms with van der Waals surface area (Å²) in [6, 6.07) is 0. The van der Waals surface area contributed by atoms with E-state index in [0.29, 0.717) is 0 Å². The van der Waals surface area contributed by atoms with Crippen LogP contribution in [0.15, 0.2) is 11.6 Å². The van der Waals surface area contributed by atoms with Crippen LogP contribution in [0.25, 0.3) is 0 Å². The van der Waals surface area contributed by atoms with Crippen molar-refractivity contribution in [1.82, 2.24) is 10.2 Å². The van der Waals surface area contributed by atoms with E-state index in [-0.39, 0.29) is 18.6 Å². The van der Waals surface area contributed by atoms with Crippen molar-refractivity contribution in [2.75, 3.05) is 32.8 Å². The molecule has 96 valence electrons. The smallest absolute Gasteiger partial charge is 0.248 e. The van der Waals surface area contributed by atoms with Crippen molar-refractivity contribution >= 4 is 5.91 Å². The van der Waals surface area contributed by atoms with Gasteiger partial charge in [0.2, 0.25) is 5.91 Å². The molecular weight excluding hydrogens is 216 g/mol. The van der Waals surface area contributed by atoms with E-state index in [1.807, 2.05) is 4.90 Å². The molecule has 0 radical (unpaired) electrons. The molecule has 0 bridgehead atoms. The Bertz CT molecular complexity index is 296. The molecule has 0 spiro atoms. The van der Waals surface area contributed by atoms with Crippen molar-refractivity contribution in [2.24, 2.45) is 0 Å². The Hall–Kier alpha value is -0.870. The fourth-order valence-corrected chi connectivity index (χ4v) is 2.24. The Balaban J connectivity index is 1.70. The zero-order valence-corrected chi connectivity index (χ0v) is 10.6. The summed E-state index contributed by atoms with van der Waals surface area (Å²) >= 11 is 0. The summed E-state index contributed by atoms with van der Waals surface area (Å²) in [7, 11) is 0. The number of piperidine rings is 1. The predicted octanol–water partition coefficient (Wildman–Crippen LogP) is 0.934. The van der Waals surface area contributed by atoms with Crippen LogP contribution >= 0.6 is 0 Å². The minimum absolute atomic E-state index is 0.132. The monoisotopic (exact) mass is 238 g/mol. The summed E-state index contributed by atoms with van der Waals surface area (Å²) in [5, 5.41) is 3.29. The lowest BCUT2D eigenvalue weighted by atomic mass is 10.1. The Labute approximate surface area is 103 Å². The zero-order chi connectivity index (χ0) is 12.1. The molecule has 1 amide bonds. The average Bonchev–Trinajstić information content (AvgIpc) is 2.38. The van der Waals surface area contributed by atoms with Gasteiger partial charge in [0.05, 0.1) is 6.10 Å². The van der Waals surface area contributed by atoms with Crippen molar-refractivity contribution in [3.05, 3.63) is 11.6 Å². The molecule has 2 rings (SSSR count). The SMILES string of the molecule is CC1=CCN(C(=O)COC2CCNCC2)CC1. The van der Waals surface area contributed by atoms with Gasteiger partial charge in [0.15, 0.2) is 0 Å². The normalized spacial score (nSPS) is 22.4. The molecule has 0 aromatic rings. The molecule has 2 aliphatic rings. The van der Waals surface area contributed by atoms with Gasteiger partial charge in [-0.25, -0.2) is 0 Å². The van der Waals surface area contributed by atoms with Crippen LogP contribution in [0.5, 0.6) is 0 Å². The lowest BCUT2D eigenvalue weighted by Crippen LogP contribution is -2.39. The van der Waals surface area contributed by atoms with Gasteiger partial charge in [-0.15, -0.1) is 0 Å². The number of carbonyl (C=O) groups excluding carboxylic acids is 1. The van der Waals surface area contributed by atoms with Crippen molar-refractivity contribution in [3.63, 3.8) is 0 Å². The van der Waals surface area contributed by atoms with E-state index in [1.165, 1.54) is 5.57 Å². The highest BCUT2D eigenvalue weighted by Gasteiger charge is 2.19. The Morgan fingerprint density at radius 2 is 2.29 bits per heavy atom. The van der Waals surface area contributed by atoms with Gasteiger partial charge in [0, 0.05) is 13.1 Å². The predicted molar refractivity (Wildman–Crippen MR) is 66.8 cm³/mol. The number of ether oxygens (including phenoxy) is 1. The van der Waals surface area contributed by atoms with Crippen molar-refractivity contribution < 1.29 is 9.53 Å². The molecule has 0 aromatic carbocycles. The molecule has 1 N–H and O–H groups in total. The molecule has 4 heteroatoms. The molecule has 1 fully saturated rings. The first-order valence-corrected chi connectivity index (χ1v) is 6.51. The number of nitrogens with one attached hydrogen (secondary N) is 1. The highest BCUT2D eigenvalue weighted by molar-refractivity contribution is 5.77. The molecule has 2 heterocycles. The Morgan fingerprint density at radius 3 is 2.94 bits per heavy atom. The quantitative estimate of drug-likeness (QED) is 0.744. The summed E-state index contributed by atoms with van der Waals surface area (Å²) in [6.45, 7) is 5.97. The zero-order valence-electron chi connectivity index (χ0n) is 10.6. The third-order valence-electron chi connectivity index (χ3n) is 3.52. The van der Waals surface area contributed by atoms with Crippen molar-refractivity contribution in [1.29, 1.82) is 0 Å². The van der Waals surface area contributed by atoms with Crippen LogP contribution in [0.4, 0.5) is 0 Å². The third kappa shape index (κ3) is 3.82. The van der Waals surface area contributed by atoms with Crippen molar-refractivity contribution in [3.8, 4) is 0 Å². The highest BCUT2D eigenvalue weighted by atomic mass is 16.5. The van der Waals surface area contributed by atoms with E-state index >= 15 is 0 Å². The molecule has 2 aliphatic heterocycles. The molecule has 0 aliphatic carbocycles. The van der Waals surface area contributed by atoms with E-state index in [1.54, 1.807) is 0 Å². The maximum atomic E-state index is 11.9. The lowest BCUT2D eigenvalue weighted by molar-refractivity contribution is -0.138. The van der Waals surface area contributed by atoms with E-state index in [0.717, 1.165) is 45.4 Å². The first-order valence-electron chi connectivity index (χ1n) is 6.51. The topological polar surface area (TPSA) is 41.6 Å². The van der Waals surface area contributed by atoms with E-state index in [4.69, 9.17) is 4.74 Å². The summed E-state index contributed by atoms with van der Waals surface area (Å²) in [6.07, 6.45) is 5.44. The molecular formula is C13H22N2O2. The third-order valence-corrected chi connectivity index (χ3v) is 3.52.